The molecule has 0 N–H and O–H groups in total. The summed E-state index contributed by atoms with van der Waals surface area (Å²) in [5.41, 5.74) is 0. The van der Waals surface area contributed by atoms with Crippen molar-refractivity contribution in [3.8, 4) is 0 Å². The van der Waals surface area contributed by atoms with Crippen LogP contribution in [0, 0.1) is 0 Å². The second kappa shape index (κ2) is 43.6. The lowest BCUT2D eigenvalue weighted by Gasteiger charge is -2.18. The molecule has 6 heteroatoms. The second-order valence-corrected chi connectivity index (χ2v) is 14.5. The standard InChI is InChI=1S/C49H82O6/c1-4-7-10-13-16-19-22-25-28-30-33-36-39-42-48(51)54-45-46(55-49(52)43-40-37-34-31-27-24-21-18-15-12-9-6-3)44-53-47(50)41-38-35-32-29-26-23-20-17-14-11-8-5-2/h8-9,11-12,17-18,20-21,25,27-28,31,46H,4-7,10,13-16,19,22-24,26,29-30,32-45H2,1-3H3/b11-8-,12-9-,20-17-,21-18-,28-25-,31-27-. The van der Waals surface area contributed by atoms with Crippen molar-refractivity contribution < 1.29 is 28.6 Å². The van der Waals surface area contributed by atoms with Gasteiger partial charge in [-0.3, -0.25) is 14.4 Å². The molecule has 0 fully saturated rings. The lowest BCUT2D eigenvalue weighted by atomic mass is 10.1. The number of hydrogen-bond donors (Lipinski definition) is 0. The third kappa shape index (κ3) is 41.8. The molecule has 0 spiro atoms. The van der Waals surface area contributed by atoms with Crippen molar-refractivity contribution in [3.63, 3.8) is 0 Å². The van der Waals surface area contributed by atoms with Gasteiger partial charge in [-0.1, -0.05) is 151 Å². The first-order chi connectivity index (χ1) is 27.0. The van der Waals surface area contributed by atoms with Gasteiger partial charge in [-0.2, -0.15) is 0 Å². The van der Waals surface area contributed by atoms with E-state index in [-0.39, 0.29) is 37.5 Å². The van der Waals surface area contributed by atoms with Crippen LogP contribution in [-0.2, 0) is 28.6 Å². The Hall–Kier alpha value is -3.15. The van der Waals surface area contributed by atoms with Gasteiger partial charge < -0.3 is 14.2 Å². The van der Waals surface area contributed by atoms with Crippen LogP contribution in [0.1, 0.15) is 201 Å². The molecule has 0 heterocycles. The van der Waals surface area contributed by atoms with Crippen LogP contribution in [0.3, 0.4) is 0 Å². The highest BCUT2D eigenvalue weighted by atomic mass is 16.6. The molecular weight excluding hydrogens is 685 g/mol. The SMILES string of the molecule is CC/C=C\C/C=C\C/C=C\CCCCC(=O)OC(COC(=O)CCCCC/C=C\CCCCCCCC)COC(=O)CCCCCCC/C=C\C/C=C\CC. The summed E-state index contributed by atoms with van der Waals surface area (Å²) in [6.07, 6.45) is 53.2. The van der Waals surface area contributed by atoms with Crippen molar-refractivity contribution in [1.29, 1.82) is 0 Å². The molecule has 55 heavy (non-hydrogen) atoms. The fourth-order valence-corrected chi connectivity index (χ4v) is 5.84. The van der Waals surface area contributed by atoms with Gasteiger partial charge in [-0.05, 0) is 103 Å². The number of carbonyl (C=O) groups is 3. The largest absolute Gasteiger partial charge is 0.462 e. The van der Waals surface area contributed by atoms with Gasteiger partial charge >= 0.3 is 17.9 Å². The number of rotatable bonds is 39. The molecule has 0 rings (SSSR count). The van der Waals surface area contributed by atoms with E-state index in [1.54, 1.807) is 0 Å². The Morgan fingerprint density at radius 2 is 0.709 bits per heavy atom. The lowest BCUT2D eigenvalue weighted by molar-refractivity contribution is -0.167. The summed E-state index contributed by atoms with van der Waals surface area (Å²) in [6.45, 7) is 6.32. The predicted octanol–water partition coefficient (Wildman–Crippen LogP) is 14.3. The molecule has 6 nitrogen and oxygen atoms in total. The van der Waals surface area contributed by atoms with E-state index < -0.39 is 6.10 Å². The summed E-state index contributed by atoms with van der Waals surface area (Å²) >= 11 is 0. The fourth-order valence-electron chi connectivity index (χ4n) is 5.84. The van der Waals surface area contributed by atoms with Gasteiger partial charge in [-0.25, -0.2) is 0 Å². The zero-order valence-corrected chi connectivity index (χ0v) is 35.7. The molecule has 0 bridgehead atoms. The molecule has 0 radical (unpaired) electrons. The summed E-state index contributed by atoms with van der Waals surface area (Å²) in [5, 5.41) is 0. The zero-order chi connectivity index (χ0) is 40.1. The molecule has 1 atom stereocenters. The maximum atomic E-state index is 12.7. The summed E-state index contributed by atoms with van der Waals surface area (Å²) in [4.78, 5) is 37.7. The smallest absolute Gasteiger partial charge is 0.306 e. The minimum absolute atomic E-state index is 0.104. The highest BCUT2D eigenvalue weighted by Crippen LogP contribution is 2.12. The Labute approximate surface area is 338 Å². The van der Waals surface area contributed by atoms with E-state index >= 15 is 0 Å². The summed E-state index contributed by atoms with van der Waals surface area (Å²) in [7, 11) is 0. The van der Waals surface area contributed by atoms with Gasteiger partial charge in [0.05, 0.1) is 0 Å². The molecule has 0 aromatic rings. The number of carbonyl (C=O) groups excluding carboxylic acids is 3. The molecule has 0 saturated heterocycles. The number of allylic oxidation sites excluding steroid dienone is 12. The molecular formula is C49H82O6. The van der Waals surface area contributed by atoms with Gasteiger partial charge in [-0.15, -0.1) is 0 Å². The normalized spacial score (nSPS) is 12.7. The van der Waals surface area contributed by atoms with Crippen LogP contribution in [0.5, 0.6) is 0 Å². The van der Waals surface area contributed by atoms with Gasteiger partial charge in [0.1, 0.15) is 13.2 Å². The zero-order valence-electron chi connectivity index (χ0n) is 35.7. The van der Waals surface area contributed by atoms with Crippen LogP contribution in [0.4, 0.5) is 0 Å². The van der Waals surface area contributed by atoms with Crippen LogP contribution in [0.25, 0.3) is 0 Å². The molecule has 314 valence electrons. The summed E-state index contributed by atoms with van der Waals surface area (Å²) in [5.74, 6) is -0.981. The maximum absolute atomic E-state index is 12.7. The van der Waals surface area contributed by atoms with E-state index in [1.807, 2.05) is 0 Å². The molecule has 0 aromatic heterocycles. The van der Waals surface area contributed by atoms with Crippen molar-refractivity contribution >= 4 is 17.9 Å². The highest BCUT2D eigenvalue weighted by molar-refractivity contribution is 5.71. The van der Waals surface area contributed by atoms with Crippen molar-refractivity contribution in [2.24, 2.45) is 0 Å². The Balaban J connectivity index is 4.48. The van der Waals surface area contributed by atoms with E-state index in [0.717, 1.165) is 116 Å². The number of esters is 3. The quantitative estimate of drug-likeness (QED) is 0.0268. The Morgan fingerprint density at radius 3 is 1.18 bits per heavy atom. The number of unbranched alkanes of at least 4 members (excludes halogenated alkanes) is 16. The predicted molar refractivity (Wildman–Crippen MR) is 233 cm³/mol. The van der Waals surface area contributed by atoms with Gasteiger partial charge in [0.15, 0.2) is 6.10 Å². The van der Waals surface area contributed by atoms with Crippen LogP contribution in [0.2, 0.25) is 0 Å². The molecule has 0 aliphatic carbocycles. The molecule has 0 aliphatic heterocycles. The second-order valence-electron chi connectivity index (χ2n) is 14.5. The first-order valence-corrected chi connectivity index (χ1v) is 22.4. The Morgan fingerprint density at radius 1 is 0.382 bits per heavy atom. The summed E-state index contributed by atoms with van der Waals surface area (Å²) < 4.78 is 16.6. The van der Waals surface area contributed by atoms with Crippen molar-refractivity contribution in [1.82, 2.24) is 0 Å². The first-order valence-electron chi connectivity index (χ1n) is 22.4. The van der Waals surface area contributed by atoms with Crippen LogP contribution >= 0.6 is 0 Å². The highest BCUT2D eigenvalue weighted by Gasteiger charge is 2.19. The minimum Gasteiger partial charge on any atom is -0.462 e. The Kier molecular flexibility index (Phi) is 41.1. The topological polar surface area (TPSA) is 78.9 Å². The molecule has 0 amide bonds. The monoisotopic (exact) mass is 767 g/mol. The van der Waals surface area contributed by atoms with E-state index in [1.165, 1.54) is 38.5 Å². The van der Waals surface area contributed by atoms with E-state index in [2.05, 4.69) is 93.7 Å². The van der Waals surface area contributed by atoms with E-state index in [9.17, 15) is 14.4 Å². The van der Waals surface area contributed by atoms with Crippen molar-refractivity contribution in [3.05, 3.63) is 72.9 Å². The Bertz CT molecular complexity index is 1070. The van der Waals surface area contributed by atoms with Gasteiger partial charge in [0.25, 0.3) is 0 Å². The van der Waals surface area contributed by atoms with Crippen LogP contribution in [-0.4, -0.2) is 37.2 Å². The molecule has 0 aromatic carbocycles. The molecule has 1 unspecified atom stereocenters. The number of ether oxygens (including phenoxy) is 3. The minimum atomic E-state index is -0.804. The molecule has 0 saturated carbocycles. The van der Waals surface area contributed by atoms with E-state index in [0.29, 0.717) is 19.3 Å². The third-order valence-electron chi connectivity index (χ3n) is 9.18. The summed E-state index contributed by atoms with van der Waals surface area (Å²) in [6, 6.07) is 0. The van der Waals surface area contributed by atoms with Gasteiger partial charge in [0, 0.05) is 19.3 Å². The van der Waals surface area contributed by atoms with Crippen molar-refractivity contribution in [2.45, 2.75) is 207 Å². The molecule has 0 aliphatic rings. The fraction of sp³-hybridized carbons (Fsp3) is 0.694. The first kappa shape index (κ1) is 51.9. The number of hydrogen-bond acceptors (Lipinski definition) is 6. The van der Waals surface area contributed by atoms with E-state index in [4.69, 9.17) is 14.2 Å². The van der Waals surface area contributed by atoms with Crippen LogP contribution < -0.4 is 0 Å². The maximum Gasteiger partial charge on any atom is 0.306 e. The average Bonchev–Trinajstić information content (AvgIpc) is 3.18. The van der Waals surface area contributed by atoms with Crippen molar-refractivity contribution in [2.75, 3.05) is 13.2 Å². The lowest BCUT2D eigenvalue weighted by Crippen LogP contribution is -2.30. The van der Waals surface area contributed by atoms with Gasteiger partial charge in [0.2, 0.25) is 0 Å². The average molecular weight is 767 g/mol. The van der Waals surface area contributed by atoms with Crippen LogP contribution in [0.15, 0.2) is 72.9 Å². The third-order valence-corrected chi connectivity index (χ3v) is 9.18.